The van der Waals surface area contributed by atoms with Gasteiger partial charge in [0.15, 0.2) is 11.5 Å². The third kappa shape index (κ3) is 3.70. The van der Waals surface area contributed by atoms with E-state index in [0.29, 0.717) is 22.9 Å². The van der Waals surface area contributed by atoms with Gasteiger partial charge >= 0.3 is 12.0 Å². The molecule has 9 nitrogen and oxygen atoms in total. The van der Waals surface area contributed by atoms with Crippen molar-refractivity contribution in [3.8, 4) is 17.2 Å². The third-order valence-corrected chi connectivity index (χ3v) is 5.38. The van der Waals surface area contributed by atoms with Crippen LogP contribution in [0.25, 0.3) is 5.69 Å². The van der Waals surface area contributed by atoms with Crippen LogP contribution in [-0.4, -0.2) is 31.8 Å². The number of aromatic nitrogens is 4. The van der Waals surface area contributed by atoms with Crippen molar-refractivity contribution in [2.75, 3.05) is 0 Å². The second kappa shape index (κ2) is 7.43. The van der Waals surface area contributed by atoms with Crippen LogP contribution < -0.4 is 15.2 Å². The number of benzene rings is 2. The summed E-state index contributed by atoms with van der Waals surface area (Å²) >= 11 is 0. The molecule has 0 spiro atoms. The van der Waals surface area contributed by atoms with Gasteiger partial charge in [-0.05, 0) is 65.9 Å². The van der Waals surface area contributed by atoms with Gasteiger partial charge in [0.1, 0.15) is 6.61 Å². The number of hydrogen-bond acceptors (Lipinski definition) is 7. The summed E-state index contributed by atoms with van der Waals surface area (Å²) < 4.78 is 37.8. The van der Waals surface area contributed by atoms with E-state index >= 15 is 0 Å². The summed E-state index contributed by atoms with van der Waals surface area (Å²) in [5, 5.41) is 11.9. The second-order valence-electron chi connectivity index (χ2n) is 7.70. The second-order valence-corrected chi connectivity index (χ2v) is 7.70. The quantitative estimate of drug-likeness (QED) is 0.429. The molecule has 2 aromatic carbocycles. The molecule has 1 aliphatic heterocycles. The van der Waals surface area contributed by atoms with Crippen LogP contribution in [0.1, 0.15) is 42.4 Å². The van der Waals surface area contributed by atoms with E-state index in [0.717, 1.165) is 28.7 Å². The molecule has 32 heavy (non-hydrogen) atoms. The van der Waals surface area contributed by atoms with Crippen LogP contribution >= 0.6 is 0 Å². The van der Waals surface area contributed by atoms with Crippen molar-refractivity contribution in [3.63, 3.8) is 0 Å². The minimum absolute atomic E-state index is 0.0371. The van der Waals surface area contributed by atoms with Gasteiger partial charge in [-0.15, -0.1) is 8.78 Å². The molecule has 2 aliphatic rings. The molecule has 11 heteroatoms. The normalized spacial score (nSPS) is 16.9. The van der Waals surface area contributed by atoms with E-state index in [-0.39, 0.29) is 23.8 Å². The van der Waals surface area contributed by atoms with E-state index in [1.54, 1.807) is 19.1 Å². The van der Waals surface area contributed by atoms with Crippen LogP contribution in [0.3, 0.4) is 0 Å². The van der Waals surface area contributed by atoms with Crippen LogP contribution in [0.5, 0.6) is 11.5 Å². The van der Waals surface area contributed by atoms with Crippen molar-refractivity contribution >= 4 is 5.71 Å². The Hall–Kier alpha value is -3.76. The fourth-order valence-corrected chi connectivity index (χ4v) is 3.61. The predicted molar refractivity (Wildman–Crippen MR) is 108 cm³/mol. The molecular formula is C21H19F2N5O4. The zero-order valence-electron chi connectivity index (χ0n) is 17.3. The molecule has 0 saturated heterocycles. The molecule has 3 aromatic rings. The predicted octanol–water partition coefficient (Wildman–Crippen LogP) is 3.11. The minimum atomic E-state index is -3.68. The number of alkyl halides is 2. The van der Waals surface area contributed by atoms with Crippen molar-refractivity contribution in [1.29, 1.82) is 0 Å². The summed E-state index contributed by atoms with van der Waals surface area (Å²) in [6.07, 6.45) is -1.55. The van der Waals surface area contributed by atoms with Gasteiger partial charge in [0.05, 0.1) is 11.4 Å². The molecule has 1 fully saturated rings. The number of rotatable bonds is 6. The van der Waals surface area contributed by atoms with Crippen LogP contribution in [0.4, 0.5) is 8.78 Å². The zero-order chi connectivity index (χ0) is 22.5. The van der Waals surface area contributed by atoms with Gasteiger partial charge < -0.3 is 14.3 Å². The number of hydrogen-bond donors (Lipinski definition) is 0. The highest BCUT2D eigenvalue weighted by molar-refractivity contribution is 5.98. The number of nitrogens with zero attached hydrogens (tertiary/aromatic N) is 5. The Balaban J connectivity index is 1.40. The topological polar surface area (TPSA) is 92.8 Å². The monoisotopic (exact) mass is 443 g/mol. The fourth-order valence-electron chi connectivity index (χ4n) is 3.61. The minimum Gasteiger partial charge on any atom is -0.395 e. The highest BCUT2D eigenvalue weighted by Crippen LogP contribution is 2.43. The Morgan fingerprint density at radius 3 is 2.72 bits per heavy atom. The fraction of sp³-hybridized carbons (Fsp3) is 0.333. The Morgan fingerprint density at radius 2 is 2.00 bits per heavy atom. The standard InChI is InChI=1S/C21H19F2N5O4/c1-12(14-8-9-18-19(10-14)32-21(22,23)31-18)24-30-11-16-15(13-6-7-13)4-3-5-17(16)28-20(29)27(2)25-26-28/h3-5,8-10,13H,6-7,11H2,1-2H3. The lowest BCUT2D eigenvalue weighted by Crippen LogP contribution is -2.25. The molecule has 1 saturated carbocycles. The van der Waals surface area contributed by atoms with E-state index in [1.807, 2.05) is 12.1 Å². The maximum Gasteiger partial charge on any atom is 0.586 e. The lowest BCUT2D eigenvalue weighted by atomic mass is 10.0. The summed E-state index contributed by atoms with van der Waals surface area (Å²) in [7, 11) is 1.53. The molecule has 0 amide bonds. The number of aryl methyl sites for hydroxylation is 1. The first kappa shape index (κ1) is 20.2. The zero-order valence-corrected chi connectivity index (χ0v) is 17.3. The van der Waals surface area contributed by atoms with E-state index in [2.05, 4.69) is 25.1 Å². The molecular weight excluding hydrogens is 424 g/mol. The van der Waals surface area contributed by atoms with Gasteiger partial charge in [0, 0.05) is 18.2 Å². The van der Waals surface area contributed by atoms with Gasteiger partial charge in [-0.3, -0.25) is 0 Å². The van der Waals surface area contributed by atoms with Gasteiger partial charge in [0.2, 0.25) is 0 Å². The van der Waals surface area contributed by atoms with Gasteiger partial charge in [-0.25, -0.2) is 4.79 Å². The summed E-state index contributed by atoms with van der Waals surface area (Å²) in [6.45, 7) is 1.79. The molecule has 0 unspecified atom stereocenters. The largest absolute Gasteiger partial charge is 0.586 e. The molecule has 2 heterocycles. The molecule has 1 aliphatic carbocycles. The SMILES string of the molecule is CC(=NOCc1c(C2CC2)cccc1-n1nnn(C)c1=O)c1ccc2c(c1)OC(F)(F)O2. The maximum absolute atomic E-state index is 13.2. The van der Waals surface area contributed by atoms with Crippen LogP contribution in [0, 0.1) is 0 Å². The van der Waals surface area contributed by atoms with Crippen molar-refractivity contribution in [1.82, 2.24) is 19.8 Å². The number of halogens is 2. The Labute approximate surface area is 180 Å². The lowest BCUT2D eigenvalue weighted by molar-refractivity contribution is -0.286. The van der Waals surface area contributed by atoms with E-state index in [1.165, 1.54) is 23.9 Å². The summed E-state index contributed by atoms with van der Waals surface area (Å²) in [4.78, 5) is 18.0. The number of fused-ring (bicyclic) bond motifs is 1. The molecule has 0 bridgehead atoms. The number of ether oxygens (including phenoxy) is 2. The lowest BCUT2D eigenvalue weighted by Gasteiger charge is -2.13. The first-order chi connectivity index (χ1) is 15.3. The first-order valence-corrected chi connectivity index (χ1v) is 10.0. The summed E-state index contributed by atoms with van der Waals surface area (Å²) in [5.74, 6) is 0.303. The van der Waals surface area contributed by atoms with Crippen molar-refractivity contribution in [2.45, 2.75) is 38.6 Å². The maximum atomic E-state index is 13.2. The molecule has 0 radical (unpaired) electrons. The molecule has 0 N–H and O–H groups in total. The highest BCUT2D eigenvalue weighted by atomic mass is 19.3. The molecule has 1 aromatic heterocycles. The summed E-state index contributed by atoms with van der Waals surface area (Å²) in [5.41, 5.74) is 3.12. The van der Waals surface area contributed by atoms with Crippen molar-refractivity contribution in [2.24, 2.45) is 12.2 Å². The first-order valence-electron chi connectivity index (χ1n) is 10.0. The number of oxime groups is 1. The summed E-state index contributed by atoms with van der Waals surface area (Å²) in [6, 6.07) is 10.1. The molecule has 5 rings (SSSR count). The van der Waals surface area contributed by atoms with Crippen molar-refractivity contribution in [3.05, 3.63) is 63.6 Å². The van der Waals surface area contributed by atoms with E-state index < -0.39 is 6.29 Å². The Kier molecular flexibility index (Phi) is 4.68. The highest BCUT2D eigenvalue weighted by Gasteiger charge is 2.43. The molecule has 0 atom stereocenters. The van der Waals surface area contributed by atoms with Crippen LogP contribution in [0.15, 0.2) is 46.3 Å². The average Bonchev–Trinajstić information content (AvgIpc) is 3.48. The Bertz CT molecular complexity index is 1280. The smallest absolute Gasteiger partial charge is 0.395 e. The van der Waals surface area contributed by atoms with Gasteiger partial charge in [-0.1, -0.05) is 17.3 Å². The third-order valence-electron chi connectivity index (χ3n) is 5.38. The molecule has 166 valence electrons. The van der Waals surface area contributed by atoms with Crippen molar-refractivity contribution < 1.29 is 23.1 Å². The van der Waals surface area contributed by atoms with Crippen LogP contribution in [-0.2, 0) is 18.5 Å². The van der Waals surface area contributed by atoms with E-state index in [9.17, 15) is 13.6 Å². The number of tetrazole rings is 1. The van der Waals surface area contributed by atoms with Gasteiger partial charge in [-0.2, -0.15) is 9.36 Å². The van der Waals surface area contributed by atoms with Crippen LogP contribution in [0.2, 0.25) is 0 Å². The van der Waals surface area contributed by atoms with Gasteiger partial charge in [0.25, 0.3) is 0 Å². The van der Waals surface area contributed by atoms with E-state index in [4.69, 9.17) is 4.84 Å². The Morgan fingerprint density at radius 1 is 1.22 bits per heavy atom. The average molecular weight is 443 g/mol.